The van der Waals surface area contributed by atoms with E-state index in [4.69, 9.17) is 15.2 Å². The number of nitrogens with one attached hydrogen (secondary N) is 1. The van der Waals surface area contributed by atoms with Gasteiger partial charge in [0, 0.05) is 31.6 Å². The maximum Gasteiger partial charge on any atom is 0.433 e. The molecule has 2 unspecified atom stereocenters. The molecular formula is C28H34N4O5. The number of cyclic esters (lactones) is 1. The van der Waals surface area contributed by atoms with Crippen molar-refractivity contribution in [2.45, 2.75) is 51.0 Å². The molecule has 3 N–H and O–H groups in total. The predicted octanol–water partition coefficient (Wildman–Crippen LogP) is 2.48. The summed E-state index contributed by atoms with van der Waals surface area (Å²) in [5.41, 5.74) is 7.58. The van der Waals surface area contributed by atoms with Crippen molar-refractivity contribution in [2.24, 2.45) is 16.6 Å². The van der Waals surface area contributed by atoms with Crippen LogP contribution in [0.25, 0.3) is 0 Å². The zero-order chi connectivity index (χ0) is 26.4. The molecular weight excluding hydrogens is 472 g/mol. The molecule has 0 bridgehead atoms. The van der Waals surface area contributed by atoms with Crippen LogP contribution in [0.15, 0.2) is 65.7 Å². The van der Waals surface area contributed by atoms with E-state index < -0.39 is 29.7 Å². The van der Waals surface area contributed by atoms with Gasteiger partial charge in [0.05, 0.1) is 24.7 Å². The molecule has 3 atom stereocenters. The quantitative estimate of drug-likeness (QED) is 0.539. The predicted molar refractivity (Wildman–Crippen MR) is 139 cm³/mol. The maximum absolute atomic E-state index is 13.6. The van der Waals surface area contributed by atoms with Gasteiger partial charge < -0.3 is 25.4 Å². The lowest BCUT2D eigenvalue weighted by Gasteiger charge is -2.40. The number of carbonyl (C=O) groups excluding carboxylic acids is 3. The summed E-state index contributed by atoms with van der Waals surface area (Å²) < 4.78 is 11.4. The van der Waals surface area contributed by atoms with Gasteiger partial charge in [-0.2, -0.15) is 4.99 Å². The van der Waals surface area contributed by atoms with E-state index in [0.717, 1.165) is 16.8 Å². The summed E-state index contributed by atoms with van der Waals surface area (Å²) >= 11 is 0. The molecule has 0 radical (unpaired) electrons. The van der Waals surface area contributed by atoms with Gasteiger partial charge >= 0.3 is 6.09 Å². The molecule has 1 fully saturated rings. The number of benzene rings is 2. The first-order valence-electron chi connectivity index (χ1n) is 12.5. The summed E-state index contributed by atoms with van der Waals surface area (Å²) in [6, 6.07) is 18.5. The highest BCUT2D eigenvalue weighted by atomic mass is 16.6. The van der Waals surface area contributed by atoms with Crippen molar-refractivity contribution in [3.63, 3.8) is 0 Å². The molecule has 2 aliphatic rings. The van der Waals surface area contributed by atoms with E-state index in [-0.39, 0.29) is 18.4 Å². The van der Waals surface area contributed by atoms with Crippen molar-refractivity contribution < 1.29 is 23.9 Å². The third-order valence-corrected chi connectivity index (χ3v) is 6.59. The van der Waals surface area contributed by atoms with E-state index in [0.29, 0.717) is 32.5 Å². The summed E-state index contributed by atoms with van der Waals surface area (Å²) in [4.78, 5) is 44.3. The van der Waals surface area contributed by atoms with E-state index in [1.165, 1.54) is 0 Å². The van der Waals surface area contributed by atoms with E-state index in [1.54, 1.807) is 18.7 Å². The minimum absolute atomic E-state index is 0.0000898. The number of amides is 3. The highest BCUT2D eigenvalue weighted by Crippen LogP contribution is 2.27. The number of rotatable bonds is 9. The van der Waals surface area contributed by atoms with Crippen molar-refractivity contribution >= 4 is 23.6 Å². The van der Waals surface area contributed by atoms with Gasteiger partial charge in [0.2, 0.25) is 11.8 Å². The molecule has 2 aromatic carbocycles. The third-order valence-electron chi connectivity index (χ3n) is 6.59. The van der Waals surface area contributed by atoms with Gasteiger partial charge in [-0.25, -0.2) is 4.79 Å². The van der Waals surface area contributed by atoms with Crippen LogP contribution >= 0.6 is 0 Å². The molecule has 0 aromatic heterocycles. The number of nitrogens with two attached hydrogens (primary N) is 1. The monoisotopic (exact) mass is 506 g/mol. The summed E-state index contributed by atoms with van der Waals surface area (Å²) in [6.07, 6.45) is -0.0231. The highest BCUT2D eigenvalue weighted by molar-refractivity contribution is 5.99. The zero-order valence-corrected chi connectivity index (χ0v) is 21.3. The molecule has 2 heterocycles. The molecule has 9 heteroatoms. The Morgan fingerprint density at radius 3 is 2.43 bits per heavy atom. The molecule has 2 aliphatic heterocycles. The van der Waals surface area contributed by atoms with Gasteiger partial charge in [0.15, 0.2) is 0 Å². The largest absolute Gasteiger partial charge is 0.443 e. The van der Waals surface area contributed by atoms with Crippen molar-refractivity contribution in [2.75, 3.05) is 19.7 Å². The zero-order valence-electron chi connectivity index (χ0n) is 21.3. The Kier molecular flexibility index (Phi) is 8.35. The maximum atomic E-state index is 13.6. The summed E-state index contributed by atoms with van der Waals surface area (Å²) in [6.45, 7) is 4.20. The van der Waals surface area contributed by atoms with Crippen LogP contribution < -0.4 is 11.1 Å². The van der Waals surface area contributed by atoms with E-state index in [9.17, 15) is 14.4 Å². The molecule has 0 saturated carbocycles. The van der Waals surface area contributed by atoms with Gasteiger partial charge in [-0.1, -0.05) is 60.7 Å². The number of fused-ring (bicyclic) bond motifs is 1. The Morgan fingerprint density at radius 2 is 1.78 bits per heavy atom. The standard InChI is InChI=1S/C28H34N4O5/c1-28(2,29)26(34)30-23(18-36-17-20-11-7-4-8-12-20)25(33)32-14-13-22-21(16-32)24(37-27(35)31-22)15-19-9-5-3-6-10-19/h3-12,21,23-24H,13-18,29H2,1-2H3,(H,30,34)/t21?,23-,24?/m1/s1. The fourth-order valence-electron chi connectivity index (χ4n) is 4.53. The summed E-state index contributed by atoms with van der Waals surface area (Å²) in [5, 5.41) is 2.77. The third kappa shape index (κ3) is 7.02. The number of nitrogens with zero attached hydrogens (tertiary/aromatic N) is 2. The highest BCUT2D eigenvalue weighted by Gasteiger charge is 2.41. The molecule has 3 amide bonds. The molecule has 37 heavy (non-hydrogen) atoms. The van der Waals surface area contributed by atoms with Crippen LogP contribution in [0.2, 0.25) is 0 Å². The number of aliphatic imine (C=N–C) groups is 1. The minimum atomic E-state index is -1.15. The average molecular weight is 507 g/mol. The number of hydrogen-bond donors (Lipinski definition) is 2. The Balaban J connectivity index is 1.47. The fraction of sp³-hybridized carbons (Fsp3) is 0.429. The summed E-state index contributed by atoms with van der Waals surface area (Å²) in [5.74, 6) is -0.926. The van der Waals surface area contributed by atoms with Crippen LogP contribution in [-0.4, -0.2) is 65.9 Å². The topological polar surface area (TPSA) is 123 Å². The van der Waals surface area contributed by atoms with E-state index in [1.807, 2.05) is 60.7 Å². The second kappa shape index (κ2) is 11.7. The van der Waals surface area contributed by atoms with Crippen molar-refractivity contribution in [1.82, 2.24) is 10.2 Å². The van der Waals surface area contributed by atoms with Gasteiger partial charge in [-0.3, -0.25) is 9.59 Å². The lowest BCUT2D eigenvalue weighted by Crippen LogP contribution is -2.60. The van der Waals surface area contributed by atoms with Crippen LogP contribution in [0.5, 0.6) is 0 Å². The van der Waals surface area contributed by atoms with Crippen LogP contribution in [0, 0.1) is 5.92 Å². The van der Waals surface area contributed by atoms with Gasteiger partial charge in [0.1, 0.15) is 12.1 Å². The number of piperidine rings is 1. The van der Waals surface area contributed by atoms with Crippen molar-refractivity contribution in [1.29, 1.82) is 0 Å². The fourth-order valence-corrected chi connectivity index (χ4v) is 4.53. The molecule has 0 aliphatic carbocycles. The van der Waals surface area contributed by atoms with Gasteiger partial charge in [0.25, 0.3) is 0 Å². The molecule has 196 valence electrons. The van der Waals surface area contributed by atoms with Crippen LogP contribution in [-0.2, 0) is 32.1 Å². The lowest BCUT2D eigenvalue weighted by molar-refractivity contribution is -0.140. The van der Waals surface area contributed by atoms with Crippen LogP contribution in [0.3, 0.4) is 0 Å². The van der Waals surface area contributed by atoms with Crippen LogP contribution in [0.1, 0.15) is 31.4 Å². The smallest absolute Gasteiger partial charge is 0.433 e. The van der Waals surface area contributed by atoms with Crippen molar-refractivity contribution in [3.05, 3.63) is 71.8 Å². The van der Waals surface area contributed by atoms with Crippen molar-refractivity contribution in [3.8, 4) is 0 Å². The second-order valence-electron chi connectivity index (χ2n) is 10.1. The van der Waals surface area contributed by atoms with Gasteiger partial charge in [-0.15, -0.1) is 0 Å². The van der Waals surface area contributed by atoms with E-state index in [2.05, 4.69) is 10.3 Å². The molecule has 2 aromatic rings. The first-order chi connectivity index (χ1) is 17.7. The first-order valence-corrected chi connectivity index (χ1v) is 12.5. The summed E-state index contributed by atoms with van der Waals surface area (Å²) in [7, 11) is 0. The van der Waals surface area contributed by atoms with Gasteiger partial charge in [-0.05, 0) is 25.0 Å². The molecule has 1 saturated heterocycles. The first kappa shape index (κ1) is 26.5. The minimum Gasteiger partial charge on any atom is -0.443 e. The van der Waals surface area contributed by atoms with Crippen LogP contribution in [0.4, 0.5) is 4.79 Å². The average Bonchev–Trinajstić information content (AvgIpc) is 2.88. The number of carbonyl (C=O) groups is 3. The molecule has 9 nitrogen and oxygen atoms in total. The Labute approximate surface area is 217 Å². The van der Waals surface area contributed by atoms with E-state index >= 15 is 0 Å². The Bertz CT molecular complexity index is 1130. The molecule has 4 rings (SSSR count). The lowest BCUT2D eigenvalue weighted by atomic mass is 9.86. The second-order valence-corrected chi connectivity index (χ2v) is 10.1. The molecule has 0 spiro atoms. The Morgan fingerprint density at radius 1 is 1.14 bits per heavy atom. The Hall–Kier alpha value is -3.56. The number of likely N-dealkylation sites (tertiary alicyclic amines) is 1. The number of hydrogen-bond acceptors (Lipinski definition) is 6. The number of ether oxygens (including phenoxy) is 2. The SMILES string of the molecule is CC(C)(N)C(=O)N[C@H](COCc1ccccc1)C(=O)N1CCC2=NC(=O)OC(Cc3ccccc3)C2C1. The normalized spacial score (nSPS) is 20.4.